The topological polar surface area (TPSA) is 113 Å². The standard InChI is InChI=1S/C25H23FN6O/c26-19-11-16(17-9-18(10-17)20-13-30-23(28)14-29-20)6-7-21(19)33-25-12-22(27)31-24(32-25)8-15-4-2-1-3-5-15/h1-7,11-14,17-18H,8-10H2,(H2,28,30)(H2,27,31,32). The van der Waals surface area contributed by atoms with Gasteiger partial charge in [0.1, 0.15) is 17.5 Å². The largest absolute Gasteiger partial charge is 0.436 e. The zero-order chi connectivity index (χ0) is 22.8. The summed E-state index contributed by atoms with van der Waals surface area (Å²) in [6.45, 7) is 0. The highest BCUT2D eigenvalue weighted by atomic mass is 19.1. The summed E-state index contributed by atoms with van der Waals surface area (Å²) < 4.78 is 20.6. The number of nitrogens with two attached hydrogens (primary N) is 2. The predicted molar refractivity (Wildman–Crippen MR) is 123 cm³/mol. The fourth-order valence-electron chi connectivity index (χ4n) is 4.06. The highest BCUT2D eigenvalue weighted by Crippen LogP contribution is 2.47. The van der Waals surface area contributed by atoms with Crippen LogP contribution in [0.1, 0.15) is 47.3 Å². The third kappa shape index (κ3) is 4.74. The number of aromatic nitrogens is 4. The van der Waals surface area contributed by atoms with Crippen LogP contribution in [0.5, 0.6) is 11.6 Å². The van der Waals surface area contributed by atoms with Crippen LogP contribution in [-0.4, -0.2) is 19.9 Å². The van der Waals surface area contributed by atoms with Crippen molar-refractivity contribution in [1.29, 1.82) is 0 Å². The Labute approximate surface area is 190 Å². The zero-order valence-corrected chi connectivity index (χ0v) is 17.9. The smallest absolute Gasteiger partial charge is 0.224 e. The van der Waals surface area contributed by atoms with Gasteiger partial charge in [-0.15, -0.1) is 0 Å². The van der Waals surface area contributed by atoms with Crippen molar-refractivity contribution < 1.29 is 9.13 Å². The van der Waals surface area contributed by atoms with Crippen LogP contribution < -0.4 is 16.2 Å². The number of hydrogen-bond acceptors (Lipinski definition) is 7. The SMILES string of the molecule is Nc1cnc(C2CC(c3ccc(Oc4cc(N)nc(Cc5ccccc5)n4)c(F)c3)C2)cn1. The van der Waals surface area contributed by atoms with E-state index in [1.165, 1.54) is 12.1 Å². The number of halogens is 1. The first-order valence-electron chi connectivity index (χ1n) is 10.8. The van der Waals surface area contributed by atoms with Crippen molar-refractivity contribution in [3.63, 3.8) is 0 Å². The molecular formula is C25H23FN6O. The first-order valence-corrected chi connectivity index (χ1v) is 10.8. The van der Waals surface area contributed by atoms with Crippen LogP contribution in [0.4, 0.5) is 16.0 Å². The molecule has 0 aliphatic heterocycles. The highest BCUT2D eigenvalue weighted by Gasteiger charge is 2.33. The molecule has 0 bridgehead atoms. The van der Waals surface area contributed by atoms with Gasteiger partial charge in [-0.25, -0.2) is 14.4 Å². The van der Waals surface area contributed by atoms with E-state index in [4.69, 9.17) is 16.2 Å². The van der Waals surface area contributed by atoms with E-state index in [0.29, 0.717) is 24.0 Å². The van der Waals surface area contributed by atoms with Gasteiger partial charge in [0.25, 0.3) is 0 Å². The van der Waals surface area contributed by atoms with E-state index >= 15 is 0 Å². The molecule has 0 radical (unpaired) electrons. The van der Waals surface area contributed by atoms with Crippen LogP contribution >= 0.6 is 0 Å². The molecule has 4 N–H and O–H groups in total. The number of hydrogen-bond donors (Lipinski definition) is 2. The molecule has 0 atom stereocenters. The molecule has 166 valence electrons. The minimum Gasteiger partial charge on any atom is -0.436 e. The summed E-state index contributed by atoms with van der Waals surface area (Å²) in [6.07, 6.45) is 5.57. The van der Waals surface area contributed by atoms with Crippen LogP contribution in [0.25, 0.3) is 0 Å². The Kier molecular flexibility index (Phi) is 5.56. The minimum atomic E-state index is -0.440. The molecule has 7 nitrogen and oxygen atoms in total. The van der Waals surface area contributed by atoms with Gasteiger partial charge in [-0.1, -0.05) is 36.4 Å². The van der Waals surface area contributed by atoms with Gasteiger partial charge >= 0.3 is 0 Å². The quantitative estimate of drug-likeness (QED) is 0.448. The van der Waals surface area contributed by atoms with Gasteiger partial charge in [-0.2, -0.15) is 4.98 Å². The summed E-state index contributed by atoms with van der Waals surface area (Å²) in [5.41, 5.74) is 14.4. The van der Waals surface area contributed by atoms with Gasteiger partial charge in [0.05, 0.1) is 18.1 Å². The molecule has 0 amide bonds. The molecule has 0 spiro atoms. The van der Waals surface area contributed by atoms with Crippen molar-refractivity contribution in [3.05, 3.63) is 95.5 Å². The molecule has 1 aliphatic carbocycles. The Morgan fingerprint density at radius 1 is 0.879 bits per heavy atom. The van der Waals surface area contributed by atoms with Gasteiger partial charge in [0.2, 0.25) is 5.88 Å². The second-order valence-electron chi connectivity index (χ2n) is 8.23. The molecule has 33 heavy (non-hydrogen) atoms. The monoisotopic (exact) mass is 442 g/mol. The maximum Gasteiger partial charge on any atom is 0.224 e. The second kappa shape index (κ2) is 8.82. The average Bonchev–Trinajstić information content (AvgIpc) is 2.76. The van der Waals surface area contributed by atoms with E-state index in [2.05, 4.69) is 19.9 Å². The fraction of sp³-hybridized carbons (Fsp3) is 0.200. The Bertz CT molecular complexity index is 1260. The van der Waals surface area contributed by atoms with E-state index < -0.39 is 5.82 Å². The number of anilines is 2. The molecule has 0 saturated heterocycles. The second-order valence-corrected chi connectivity index (χ2v) is 8.23. The van der Waals surface area contributed by atoms with Gasteiger partial charge in [0, 0.05) is 18.4 Å². The molecule has 2 aromatic carbocycles. The maximum absolute atomic E-state index is 14.8. The lowest BCUT2D eigenvalue weighted by molar-refractivity contribution is 0.342. The summed E-state index contributed by atoms with van der Waals surface area (Å²) in [5, 5.41) is 0. The Balaban J connectivity index is 1.26. The minimum absolute atomic E-state index is 0.0998. The zero-order valence-electron chi connectivity index (χ0n) is 17.9. The van der Waals surface area contributed by atoms with Crippen LogP contribution in [0.2, 0.25) is 0 Å². The summed E-state index contributed by atoms with van der Waals surface area (Å²) in [4.78, 5) is 17.1. The van der Waals surface area contributed by atoms with Crippen LogP contribution in [0, 0.1) is 5.82 Å². The van der Waals surface area contributed by atoms with Crippen molar-refractivity contribution in [1.82, 2.24) is 19.9 Å². The third-order valence-electron chi connectivity index (χ3n) is 5.86. The number of ether oxygens (including phenoxy) is 1. The number of nitrogens with zero attached hydrogens (tertiary/aromatic N) is 4. The first kappa shape index (κ1) is 20.8. The maximum atomic E-state index is 14.8. The number of benzene rings is 2. The van der Waals surface area contributed by atoms with E-state index in [1.807, 2.05) is 36.4 Å². The lowest BCUT2D eigenvalue weighted by Gasteiger charge is -2.35. The van der Waals surface area contributed by atoms with E-state index in [9.17, 15) is 4.39 Å². The van der Waals surface area contributed by atoms with E-state index in [1.54, 1.807) is 18.5 Å². The summed E-state index contributed by atoms with van der Waals surface area (Å²) in [7, 11) is 0. The molecule has 0 unspecified atom stereocenters. The molecular weight excluding hydrogens is 419 g/mol. The molecule has 1 fully saturated rings. The summed E-state index contributed by atoms with van der Waals surface area (Å²) >= 11 is 0. The normalized spacial score (nSPS) is 17.4. The van der Waals surface area contributed by atoms with Crippen molar-refractivity contribution in [2.75, 3.05) is 11.5 Å². The molecule has 8 heteroatoms. The molecule has 2 heterocycles. The number of nitrogen functional groups attached to an aromatic ring is 2. The van der Waals surface area contributed by atoms with Crippen molar-refractivity contribution in [2.24, 2.45) is 0 Å². The molecule has 1 saturated carbocycles. The van der Waals surface area contributed by atoms with Crippen LogP contribution in [-0.2, 0) is 6.42 Å². The molecule has 4 aromatic rings. The molecule has 2 aromatic heterocycles. The van der Waals surface area contributed by atoms with Crippen molar-refractivity contribution in [2.45, 2.75) is 31.1 Å². The van der Waals surface area contributed by atoms with Crippen LogP contribution in [0.3, 0.4) is 0 Å². The number of rotatable bonds is 6. The molecule has 5 rings (SSSR count). The van der Waals surface area contributed by atoms with E-state index in [0.717, 1.165) is 29.7 Å². The van der Waals surface area contributed by atoms with Gasteiger partial charge in [0.15, 0.2) is 11.6 Å². The van der Waals surface area contributed by atoms with Crippen molar-refractivity contribution in [3.8, 4) is 11.6 Å². The lowest BCUT2D eigenvalue weighted by atomic mass is 9.70. The summed E-state index contributed by atoms with van der Waals surface area (Å²) in [6, 6.07) is 16.4. The Morgan fingerprint density at radius 2 is 1.70 bits per heavy atom. The van der Waals surface area contributed by atoms with Gasteiger partial charge < -0.3 is 16.2 Å². The highest BCUT2D eigenvalue weighted by molar-refractivity contribution is 5.39. The average molecular weight is 442 g/mol. The summed E-state index contributed by atoms with van der Waals surface area (Å²) in [5.74, 6) is 1.65. The predicted octanol–water partition coefficient (Wildman–Crippen LogP) is 4.61. The van der Waals surface area contributed by atoms with Gasteiger partial charge in [-0.05, 0) is 42.0 Å². The first-order chi connectivity index (χ1) is 16.0. The Morgan fingerprint density at radius 3 is 2.42 bits per heavy atom. The van der Waals surface area contributed by atoms with E-state index in [-0.39, 0.29) is 23.4 Å². The van der Waals surface area contributed by atoms with Gasteiger partial charge in [-0.3, -0.25) is 4.98 Å². The van der Waals surface area contributed by atoms with Crippen molar-refractivity contribution >= 4 is 11.6 Å². The fourth-order valence-corrected chi connectivity index (χ4v) is 4.06. The third-order valence-corrected chi connectivity index (χ3v) is 5.86. The van der Waals surface area contributed by atoms with Crippen LogP contribution in [0.15, 0.2) is 67.0 Å². The molecule has 1 aliphatic rings. The Hall–Kier alpha value is -4.07. The lowest BCUT2D eigenvalue weighted by Crippen LogP contribution is -2.21.